The lowest BCUT2D eigenvalue weighted by molar-refractivity contribution is -0.118. The van der Waals surface area contributed by atoms with E-state index in [1.54, 1.807) is 24.0 Å². The van der Waals surface area contributed by atoms with Crippen molar-refractivity contribution < 1.29 is 14.0 Å². The number of halogens is 1. The van der Waals surface area contributed by atoms with Crippen molar-refractivity contribution in [1.29, 1.82) is 0 Å². The van der Waals surface area contributed by atoms with E-state index >= 15 is 0 Å². The zero-order valence-corrected chi connectivity index (χ0v) is 13.2. The molecule has 0 atom stereocenters. The summed E-state index contributed by atoms with van der Waals surface area (Å²) in [4.78, 5) is 26.3. The maximum Gasteiger partial charge on any atom is 0.227 e. The minimum atomic E-state index is -0.287. The molecule has 0 spiro atoms. The van der Waals surface area contributed by atoms with Gasteiger partial charge in [-0.25, -0.2) is 4.39 Å². The highest BCUT2D eigenvalue weighted by Crippen LogP contribution is 2.29. The van der Waals surface area contributed by atoms with Gasteiger partial charge in [-0.1, -0.05) is 18.2 Å². The molecule has 0 bridgehead atoms. The number of Topliss-reactive ketones (excluding diaryl/α,β-unsaturated/α-hetero) is 1. The first-order valence-corrected chi connectivity index (χ1v) is 7.65. The Labute approximate surface area is 134 Å². The minimum absolute atomic E-state index is 0.0223. The van der Waals surface area contributed by atoms with E-state index in [-0.39, 0.29) is 36.9 Å². The van der Waals surface area contributed by atoms with Gasteiger partial charge in [0.25, 0.3) is 0 Å². The Bertz CT molecular complexity index is 798. The van der Waals surface area contributed by atoms with Crippen molar-refractivity contribution in [3.05, 3.63) is 64.5 Å². The minimum Gasteiger partial charge on any atom is -0.307 e. The van der Waals surface area contributed by atoms with Crippen molar-refractivity contribution >= 4 is 17.4 Å². The SMILES string of the molecule is Cc1ccc2c(c1)N(Cc1ccc(C)c(F)c1)C(=O)CCC2=O. The second-order valence-corrected chi connectivity index (χ2v) is 6.01. The molecule has 23 heavy (non-hydrogen) atoms. The second-order valence-electron chi connectivity index (χ2n) is 6.01. The molecule has 1 heterocycles. The highest BCUT2D eigenvalue weighted by molar-refractivity contribution is 6.10. The Morgan fingerprint density at radius 3 is 2.57 bits per heavy atom. The average molecular weight is 311 g/mol. The van der Waals surface area contributed by atoms with Gasteiger partial charge in [0.05, 0.1) is 12.2 Å². The molecule has 0 aromatic heterocycles. The number of nitrogens with zero attached hydrogens (tertiary/aromatic N) is 1. The van der Waals surface area contributed by atoms with E-state index in [0.717, 1.165) is 5.56 Å². The number of benzene rings is 2. The molecule has 3 nitrogen and oxygen atoms in total. The normalized spacial score (nSPS) is 14.7. The number of anilines is 1. The van der Waals surface area contributed by atoms with Crippen LogP contribution in [-0.2, 0) is 11.3 Å². The van der Waals surface area contributed by atoms with E-state index in [1.807, 2.05) is 25.1 Å². The van der Waals surface area contributed by atoms with Crippen molar-refractivity contribution in [2.24, 2.45) is 0 Å². The van der Waals surface area contributed by atoms with Crippen LogP contribution in [0.1, 0.15) is 39.9 Å². The summed E-state index contributed by atoms with van der Waals surface area (Å²) in [6.07, 6.45) is 0.397. The molecule has 0 saturated heterocycles. The lowest BCUT2D eigenvalue weighted by Crippen LogP contribution is -2.29. The van der Waals surface area contributed by atoms with Gasteiger partial charge in [-0.15, -0.1) is 0 Å². The highest BCUT2D eigenvalue weighted by atomic mass is 19.1. The first-order chi connectivity index (χ1) is 11.0. The Balaban J connectivity index is 2.04. The predicted octanol–water partition coefficient (Wildman–Crippen LogP) is 3.95. The van der Waals surface area contributed by atoms with Gasteiger partial charge >= 0.3 is 0 Å². The van der Waals surface area contributed by atoms with Crippen molar-refractivity contribution in [1.82, 2.24) is 0 Å². The summed E-state index contributed by atoms with van der Waals surface area (Å²) >= 11 is 0. The fourth-order valence-corrected chi connectivity index (χ4v) is 2.82. The summed E-state index contributed by atoms with van der Waals surface area (Å²) < 4.78 is 13.8. The van der Waals surface area contributed by atoms with Gasteiger partial charge in [-0.3, -0.25) is 9.59 Å². The maximum absolute atomic E-state index is 13.8. The molecule has 1 aliphatic rings. The molecule has 118 valence electrons. The van der Waals surface area contributed by atoms with Crippen LogP contribution in [0.3, 0.4) is 0 Å². The molecule has 0 saturated carbocycles. The fourth-order valence-electron chi connectivity index (χ4n) is 2.82. The van der Waals surface area contributed by atoms with Gasteiger partial charge in [-0.2, -0.15) is 0 Å². The molecule has 1 amide bonds. The molecule has 0 N–H and O–H groups in total. The highest BCUT2D eigenvalue weighted by Gasteiger charge is 2.26. The third-order valence-corrected chi connectivity index (χ3v) is 4.19. The molecule has 4 heteroatoms. The average Bonchev–Trinajstić information content (AvgIpc) is 2.63. The lowest BCUT2D eigenvalue weighted by atomic mass is 10.0. The number of ketones is 1. The van der Waals surface area contributed by atoms with E-state index in [9.17, 15) is 14.0 Å². The summed E-state index contributed by atoms with van der Waals surface area (Å²) in [6, 6.07) is 10.5. The lowest BCUT2D eigenvalue weighted by Gasteiger charge is -2.23. The van der Waals surface area contributed by atoms with Crippen LogP contribution < -0.4 is 4.90 Å². The largest absolute Gasteiger partial charge is 0.307 e. The van der Waals surface area contributed by atoms with Crippen LogP contribution in [0.5, 0.6) is 0 Å². The molecular formula is C19H18FNO2. The molecule has 1 aliphatic heterocycles. The second kappa shape index (κ2) is 5.95. The van der Waals surface area contributed by atoms with Crippen LogP contribution in [0.25, 0.3) is 0 Å². The number of rotatable bonds is 2. The van der Waals surface area contributed by atoms with Crippen LogP contribution in [0, 0.1) is 19.7 Å². The Morgan fingerprint density at radius 2 is 1.83 bits per heavy atom. The zero-order chi connectivity index (χ0) is 16.6. The summed E-state index contributed by atoms with van der Waals surface area (Å²) in [5, 5.41) is 0. The maximum atomic E-state index is 13.8. The number of hydrogen-bond donors (Lipinski definition) is 0. The Morgan fingerprint density at radius 1 is 1.04 bits per heavy atom. The van der Waals surface area contributed by atoms with E-state index < -0.39 is 0 Å². The summed E-state index contributed by atoms with van der Waals surface area (Å²) in [5.74, 6) is -0.417. The van der Waals surface area contributed by atoms with Crippen LogP contribution in [0.15, 0.2) is 36.4 Å². The molecule has 3 rings (SSSR count). The number of fused-ring (bicyclic) bond motifs is 1. The molecule has 2 aromatic carbocycles. The van der Waals surface area contributed by atoms with Crippen LogP contribution in [0.2, 0.25) is 0 Å². The number of aryl methyl sites for hydroxylation is 2. The van der Waals surface area contributed by atoms with Crippen molar-refractivity contribution in [3.63, 3.8) is 0 Å². The van der Waals surface area contributed by atoms with Gasteiger partial charge < -0.3 is 4.90 Å². The monoisotopic (exact) mass is 311 g/mol. The van der Waals surface area contributed by atoms with E-state index in [0.29, 0.717) is 22.4 Å². The molecular weight excluding hydrogens is 293 g/mol. The van der Waals surface area contributed by atoms with Crippen molar-refractivity contribution in [3.8, 4) is 0 Å². The van der Waals surface area contributed by atoms with Gasteiger partial charge in [-0.05, 0) is 48.7 Å². The molecule has 2 aromatic rings. The van der Waals surface area contributed by atoms with Crippen molar-refractivity contribution in [2.75, 3.05) is 4.90 Å². The van der Waals surface area contributed by atoms with Crippen molar-refractivity contribution in [2.45, 2.75) is 33.2 Å². The fraction of sp³-hybridized carbons (Fsp3) is 0.263. The van der Waals surface area contributed by atoms with Gasteiger partial charge in [0.2, 0.25) is 5.91 Å². The zero-order valence-electron chi connectivity index (χ0n) is 13.2. The van der Waals surface area contributed by atoms with E-state index in [2.05, 4.69) is 0 Å². The summed E-state index contributed by atoms with van der Waals surface area (Å²) in [5.41, 5.74) is 3.45. The summed E-state index contributed by atoms with van der Waals surface area (Å²) in [7, 11) is 0. The number of carbonyl (C=O) groups is 2. The number of carbonyl (C=O) groups excluding carboxylic acids is 2. The van der Waals surface area contributed by atoms with Crippen LogP contribution in [0.4, 0.5) is 10.1 Å². The van der Waals surface area contributed by atoms with Gasteiger partial charge in [0.1, 0.15) is 5.82 Å². The third-order valence-electron chi connectivity index (χ3n) is 4.19. The number of amides is 1. The summed E-state index contributed by atoms with van der Waals surface area (Å²) in [6.45, 7) is 3.89. The molecule has 0 unspecified atom stereocenters. The van der Waals surface area contributed by atoms with E-state index in [1.165, 1.54) is 6.07 Å². The van der Waals surface area contributed by atoms with E-state index in [4.69, 9.17) is 0 Å². The Hall–Kier alpha value is -2.49. The third kappa shape index (κ3) is 3.02. The standard InChI is InChI=1S/C19H18FNO2/c1-12-3-6-15-17(9-12)21(19(23)8-7-18(15)22)11-14-5-4-13(2)16(20)10-14/h3-6,9-10H,7-8,11H2,1-2H3. The Kier molecular flexibility index (Phi) is 3.99. The first kappa shape index (κ1) is 15.4. The predicted molar refractivity (Wildman–Crippen MR) is 87.1 cm³/mol. The number of hydrogen-bond acceptors (Lipinski definition) is 2. The smallest absolute Gasteiger partial charge is 0.227 e. The van der Waals surface area contributed by atoms with Gasteiger partial charge in [0, 0.05) is 18.4 Å². The van der Waals surface area contributed by atoms with Gasteiger partial charge in [0.15, 0.2) is 5.78 Å². The van der Waals surface area contributed by atoms with Crippen LogP contribution in [-0.4, -0.2) is 11.7 Å². The molecule has 0 fully saturated rings. The molecule has 0 radical (unpaired) electrons. The topological polar surface area (TPSA) is 37.4 Å². The first-order valence-electron chi connectivity index (χ1n) is 7.65. The van der Waals surface area contributed by atoms with Crippen LogP contribution >= 0.6 is 0 Å². The quantitative estimate of drug-likeness (QED) is 0.842. The molecule has 0 aliphatic carbocycles.